The summed E-state index contributed by atoms with van der Waals surface area (Å²) in [6, 6.07) is 32.4. The fourth-order valence-electron chi connectivity index (χ4n) is 3.23. The maximum absolute atomic E-state index is 13.3. The lowest BCUT2D eigenvalue weighted by atomic mass is 10.0. The highest BCUT2D eigenvalue weighted by Crippen LogP contribution is 2.29. The minimum atomic E-state index is 0.0145. The maximum Gasteiger partial charge on any atom is 0.258 e. The molecule has 0 atom stereocenters. The molecule has 0 N–H and O–H groups in total. The number of carbonyl (C=O) groups is 1. The Balaban J connectivity index is 1.71. The summed E-state index contributed by atoms with van der Waals surface area (Å²) in [5.74, 6) is 0.763. The molecule has 0 saturated heterocycles. The van der Waals surface area contributed by atoms with Gasteiger partial charge in [0.1, 0.15) is 0 Å². The molecule has 0 aliphatic rings. The van der Waals surface area contributed by atoms with Crippen molar-refractivity contribution in [2.45, 2.75) is 10.6 Å². The maximum atomic E-state index is 13.3. The molecule has 0 aliphatic heterocycles. The van der Waals surface area contributed by atoms with Crippen molar-refractivity contribution in [3.63, 3.8) is 0 Å². The second kappa shape index (κ2) is 8.32. The number of hydrogen-bond donors (Lipinski definition) is 0. The van der Waals surface area contributed by atoms with Crippen molar-refractivity contribution in [2.24, 2.45) is 0 Å². The van der Waals surface area contributed by atoms with Gasteiger partial charge in [0, 0.05) is 28.9 Å². The fourth-order valence-corrected chi connectivity index (χ4v) is 4.14. The zero-order valence-electron chi connectivity index (χ0n) is 15.7. The largest absolute Gasteiger partial charge is 0.311 e. The molecule has 138 valence electrons. The van der Waals surface area contributed by atoms with Crippen LogP contribution < -0.4 is 4.90 Å². The summed E-state index contributed by atoms with van der Waals surface area (Å²) in [5.41, 5.74) is 2.70. The van der Waals surface area contributed by atoms with E-state index in [0.717, 1.165) is 33.3 Å². The molecule has 0 aliphatic carbocycles. The first-order valence-electron chi connectivity index (χ1n) is 9.25. The van der Waals surface area contributed by atoms with Gasteiger partial charge in [0.05, 0.1) is 0 Å². The number of fused-ring (bicyclic) bond motifs is 1. The van der Waals surface area contributed by atoms with Crippen LogP contribution in [-0.4, -0.2) is 13.0 Å². The van der Waals surface area contributed by atoms with Crippen molar-refractivity contribution in [1.82, 2.24) is 0 Å². The summed E-state index contributed by atoms with van der Waals surface area (Å²) in [6.07, 6.45) is 0. The van der Waals surface area contributed by atoms with Crippen molar-refractivity contribution in [2.75, 3.05) is 11.9 Å². The van der Waals surface area contributed by atoms with Crippen molar-refractivity contribution >= 4 is 34.1 Å². The molecule has 1 amide bonds. The van der Waals surface area contributed by atoms with Gasteiger partial charge in [0.15, 0.2) is 0 Å². The van der Waals surface area contributed by atoms with Crippen LogP contribution in [0.4, 0.5) is 5.69 Å². The van der Waals surface area contributed by atoms with E-state index in [9.17, 15) is 4.79 Å². The Morgan fingerprint density at radius 3 is 2.04 bits per heavy atom. The molecule has 0 spiro atoms. The Morgan fingerprint density at radius 2 is 1.36 bits per heavy atom. The Labute approximate surface area is 169 Å². The van der Waals surface area contributed by atoms with E-state index in [-0.39, 0.29) is 5.91 Å². The third-order valence-corrected chi connectivity index (χ3v) is 5.85. The number of carbonyl (C=O) groups excluding carboxylic acids is 1. The summed E-state index contributed by atoms with van der Waals surface area (Å²) in [5, 5.41) is 2.24. The summed E-state index contributed by atoms with van der Waals surface area (Å²) >= 11 is 1.75. The molecule has 0 bridgehead atoms. The van der Waals surface area contributed by atoms with Crippen LogP contribution in [0.25, 0.3) is 10.8 Å². The van der Waals surface area contributed by atoms with Crippen LogP contribution in [0.15, 0.2) is 102 Å². The Hall–Kier alpha value is -3.04. The summed E-state index contributed by atoms with van der Waals surface area (Å²) in [4.78, 5) is 16.3. The number of anilines is 1. The Morgan fingerprint density at radius 1 is 0.786 bits per heavy atom. The molecule has 3 heteroatoms. The molecule has 0 aromatic heterocycles. The van der Waals surface area contributed by atoms with Crippen LogP contribution in [0.3, 0.4) is 0 Å². The number of benzene rings is 4. The summed E-state index contributed by atoms with van der Waals surface area (Å²) in [6.45, 7) is 0. The van der Waals surface area contributed by atoms with E-state index < -0.39 is 0 Å². The molecule has 0 unspecified atom stereocenters. The first-order chi connectivity index (χ1) is 13.7. The quantitative estimate of drug-likeness (QED) is 0.371. The Bertz CT molecular complexity index is 1090. The lowest BCUT2D eigenvalue weighted by Gasteiger charge is -2.20. The topological polar surface area (TPSA) is 20.3 Å². The van der Waals surface area contributed by atoms with Crippen LogP contribution in [0.5, 0.6) is 0 Å². The van der Waals surface area contributed by atoms with Crippen LogP contribution in [0, 0.1) is 0 Å². The number of para-hydroxylation sites is 1. The molecular weight excluding hydrogens is 362 g/mol. The van der Waals surface area contributed by atoms with Gasteiger partial charge in [-0.2, -0.15) is 0 Å². The summed E-state index contributed by atoms with van der Waals surface area (Å²) in [7, 11) is 1.83. The molecule has 0 fully saturated rings. The second-order valence-corrected chi connectivity index (χ2v) is 7.71. The molecule has 0 heterocycles. The number of thioether (sulfide) groups is 1. The first-order valence-corrected chi connectivity index (χ1v) is 10.2. The van der Waals surface area contributed by atoms with E-state index in [1.807, 2.05) is 73.8 Å². The van der Waals surface area contributed by atoms with Crippen molar-refractivity contribution in [3.8, 4) is 0 Å². The van der Waals surface area contributed by atoms with Gasteiger partial charge in [0.2, 0.25) is 0 Å². The molecule has 28 heavy (non-hydrogen) atoms. The minimum absolute atomic E-state index is 0.0145. The normalized spacial score (nSPS) is 10.8. The number of nitrogens with zero attached hydrogens (tertiary/aromatic N) is 1. The summed E-state index contributed by atoms with van der Waals surface area (Å²) < 4.78 is 0. The van der Waals surface area contributed by atoms with Crippen molar-refractivity contribution in [3.05, 3.63) is 108 Å². The van der Waals surface area contributed by atoms with E-state index in [1.54, 1.807) is 16.7 Å². The van der Waals surface area contributed by atoms with E-state index in [2.05, 4.69) is 30.3 Å². The van der Waals surface area contributed by atoms with Gasteiger partial charge in [0.25, 0.3) is 5.91 Å². The van der Waals surface area contributed by atoms with E-state index in [4.69, 9.17) is 0 Å². The fraction of sp³-hybridized carbons (Fsp3) is 0.0800. The molecule has 2 nitrogen and oxygen atoms in total. The average Bonchev–Trinajstić information content (AvgIpc) is 2.77. The highest BCUT2D eigenvalue weighted by Gasteiger charge is 2.18. The predicted octanol–water partition coefficient (Wildman–Crippen LogP) is 6.41. The lowest BCUT2D eigenvalue weighted by Crippen LogP contribution is -2.27. The van der Waals surface area contributed by atoms with E-state index >= 15 is 0 Å². The standard InChI is InChI=1S/C25H21NOS/c1-26(22-12-4-2-5-13-22)25(27)24-17-20-11-9-8-10-19(20)16-21(24)18-28-23-14-6-3-7-15-23/h2-17H,18H2,1H3. The molecule has 4 aromatic rings. The number of amides is 1. The van der Waals surface area contributed by atoms with Gasteiger partial charge < -0.3 is 4.90 Å². The molecule has 0 saturated carbocycles. The SMILES string of the molecule is CN(C(=O)c1cc2ccccc2cc1CSc1ccccc1)c1ccccc1. The average molecular weight is 384 g/mol. The van der Waals surface area contributed by atoms with Gasteiger partial charge in [-0.1, -0.05) is 60.7 Å². The lowest BCUT2D eigenvalue weighted by molar-refractivity contribution is 0.0992. The number of hydrogen-bond acceptors (Lipinski definition) is 2. The van der Waals surface area contributed by atoms with Crippen LogP contribution in [-0.2, 0) is 5.75 Å². The van der Waals surface area contributed by atoms with Gasteiger partial charge in [-0.05, 0) is 52.7 Å². The monoisotopic (exact) mass is 383 g/mol. The number of rotatable bonds is 5. The van der Waals surface area contributed by atoms with Gasteiger partial charge >= 0.3 is 0 Å². The van der Waals surface area contributed by atoms with E-state index in [0.29, 0.717) is 0 Å². The van der Waals surface area contributed by atoms with Crippen LogP contribution in [0.1, 0.15) is 15.9 Å². The predicted molar refractivity (Wildman–Crippen MR) is 119 cm³/mol. The van der Waals surface area contributed by atoms with E-state index in [1.165, 1.54) is 4.90 Å². The van der Waals surface area contributed by atoms with Crippen molar-refractivity contribution in [1.29, 1.82) is 0 Å². The van der Waals surface area contributed by atoms with Crippen LogP contribution >= 0.6 is 11.8 Å². The first kappa shape index (κ1) is 18.3. The zero-order chi connectivity index (χ0) is 19.3. The highest BCUT2D eigenvalue weighted by atomic mass is 32.2. The molecule has 0 radical (unpaired) electrons. The van der Waals surface area contributed by atoms with Gasteiger partial charge in [-0.25, -0.2) is 0 Å². The third kappa shape index (κ3) is 3.95. The third-order valence-electron chi connectivity index (χ3n) is 4.79. The Kier molecular flexibility index (Phi) is 5.45. The zero-order valence-corrected chi connectivity index (χ0v) is 16.5. The molecule has 4 rings (SSSR count). The smallest absolute Gasteiger partial charge is 0.258 e. The van der Waals surface area contributed by atoms with Crippen LogP contribution in [0.2, 0.25) is 0 Å². The van der Waals surface area contributed by atoms with Crippen molar-refractivity contribution < 1.29 is 4.79 Å². The minimum Gasteiger partial charge on any atom is -0.311 e. The van der Waals surface area contributed by atoms with Gasteiger partial charge in [-0.3, -0.25) is 4.79 Å². The van der Waals surface area contributed by atoms with Gasteiger partial charge in [-0.15, -0.1) is 11.8 Å². The molecular formula is C25H21NOS. The molecule has 4 aromatic carbocycles. The second-order valence-electron chi connectivity index (χ2n) is 6.66. The highest BCUT2D eigenvalue weighted by molar-refractivity contribution is 7.98.